The van der Waals surface area contributed by atoms with Gasteiger partial charge in [0.15, 0.2) is 0 Å². The molecule has 26 heavy (non-hydrogen) atoms. The number of para-hydroxylation sites is 1. The van der Waals surface area contributed by atoms with E-state index in [2.05, 4.69) is 58.1 Å². The van der Waals surface area contributed by atoms with Crippen LogP contribution in [0.1, 0.15) is 16.8 Å². The first-order chi connectivity index (χ1) is 12.4. The fraction of sp³-hybridized carbons (Fsp3) is 0.300. The van der Waals surface area contributed by atoms with Gasteiger partial charge >= 0.3 is 0 Å². The van der Waals surface area contributed by atoms with Crippen LogP contribution >= 0.6 is 0 Å². The van der Waals surface area contributed by atoms with Gasteiger partial charge in [-0.1, -0.05) is 48.5 Å². The zero-order valence-electron chi connectivity index (χ0n) is 15.2. The van der Waals surface area contributed by atoms with Crippen LogP contribution in [0.4, 0.5) is 0 Å². The Labute approximate surface area is 155 Å². The molecule has 0 fully saturated rings. The molecule has 0 unspecified atom stereocenters. The van der Waals surface area contributed by atoms with E-state index in [-0.39, 0.29) is 0 Å². The van der Waals surface area contributed by atoms with E-state index in [0.717, 1.165) is 24.3 Å². The van der Waals surface area contributed by atoms with Gasteiger partial charge in [-0.3, -0.25) is 4.90 Å². The van der Waals surface area contributed by atoms with Crippen molar-refractivity contribution in [3.63, 3.8) is 0 Å². The summed E-state index contributed by atoms with van der Waals surface area (Å²) in [5.41, 5.74) is 4.68. The van der Waals surface area contributed by atoms with Gasteiger partial charge < -0.3 is 4.98 Å². The molecular formula is C20H25N3O2S. The van der Waals surface area contributed by atoms with Crippen LogP contribution in [0.3, 0.4) is 0 Å². The number of rotatable bonds is 8. The molecule has 0 amide bonds. The van der Waals surface area contributed by atoms with Gasteiger partial charge in [0, 0.05) is 42.7 Å². The molecular weight excluding hydrogens is 346 g/mol. The normalized spacial score (nSPS) is 12.1. The van der Waals surface area contributed by atoms with Crippen molar-refractivity contribution in [2.75, 3.05) is 19.8 Å². The van der Waals surface area contributed by atoms with Crippen molar-refractivity contribution in [3.8, 4) is 0 Å². The Bertz CT molecular complexity index is 965. The molecule has 0 saturated carbocycles. The van der Waals surface area contributed by atoms with Crippen LogP contribution in [0.2, 0.25) is 0 Å². The summed E-state index contributed by atoms with van der Waals surface area (Å²) in [5, 5.41) is 1.20. The van der Waals surface area contributed by atoms with E-state index in [4.69, 9.17) is 0 Å². The average Bonchev–Trinajstić information content (AvgIpc) is 2.92. The number of hydrogen-bond donors (Lipinski definition) is 2. The van der Waals surface area contributed by atoms with Crippen LogP contribution in [0, 0.1) is 0 Å². The Morgan fingerprint density at radius 1 is 1.00 bits per heavy atom. The molecule has 138 valence electrons. The summed E-state index contributed by atoms with van der Waals surface area (Å²) >= 11 is 0. The van der Waals surface area contributed by atoms with Gasteiger partial charge in [-0.2, -0.15) is 0 Å². The van der Waals surface area contributed by atoms with Crippen molar-refractivity contribution in [3.05, 3.63) is 71.4 Å². The van der Waals surface area contributed by atoms with Crippen molar-refractivity contribution in [2.45, 2.75) is 19.5 Å². The van der Waals surface area contributed by atoms with Gasteiger partial charge in [0.25, 0.3) is 0 Å². The number of benzene rings is 2. The van der Waals surface area contributed by atoms with Gasteiger partial charge in [-0.15, -0.1) is 0 Å². The van der Waals surface area contributed by atoms with E-state index in [9.17, 15) is 8.42 Å². The zero-order valence-corrected chi connectivity index (χ0v) is 16.0. The standard InChI is InChI=1S/C20H25N3O2S/c1-23(14-16-8-4-3-5-9-16)15-18-17-10-6-7-11-19(17)22-20(18)12-13-21-26(2,24)25/h3-11,21-22H,12-15H2,1-2H3. The molecule has 2 N–H and O–H groups in total. The molecule has 1 heterocycles. The number of hydrogen-bond acceptors (Lipinski definition) is 3. The quantitative estimate of drug-likeness (QED) is 0.640. The number of nitrogens with zero attached hydrogens (tertiary/aromatic N) is 1. The molecule has 6 heteroatoms. The monoisotopic (exact) mass is 371 g/mol. The molecule has 0 saturated heterocycles. The number of fused-ring (bicyclic) bond motifs is 1. The van der Waals surface area contributed by atoms with E-state index in [1.807, 2.05) is 18.2 Å². The minimum Gasteiger partial charge on any atom is -0.358 e. The molecule has 0 bridgehead atoms. The summed E-state index contributed by atoms with van der Waals surface area (Å²) in [6.45, 7) is 2.05. The summed E-state index contributed by atoms with van der Waals surface area (Å²) in [5.74, 6) is 0. The number of nitrogens with one attached hydrogen (secondary N) is 2. The lowest BCUT2D eigenvalue weighted by atomic mass is 10.1. The maximum Gasteiger partial charge on any atom is 0.208 e. The molecule has 3 rings (SSSR count). The zero-order chi connectivity index (χ0) is 18.6. The Hall–Kier alpha value is -2.15. The lowest BCUT2D eigenvalue weighted by Gasteiger charge is -2.18. The molecule has 0 aliphatic heterocycles. The van der Waals surface area contributed by atoms with Gasteiger partial charge in [0.1, 0.15) is 0 Å². The minimum atomic E-state index is -3.18. The van der Waals surface area contributed by atoms with Crippen molar-refractivity contribution in [2.24, 2.45) is 0 Å². The predicted molar refractivity (Wildman–Crippen MR) is 106 cm³/mol. The van der Waals surface area contributed by atoms with Crippen LogP contribution in [0.25, 0.3) is 10.9 Å². The molecule has 0 aliphatic carbocycles. The maximum atomic E-state index is 11.3. The van der Waals surface area contributed by atoms with Crippen LogP contribution in [0.5, 0.6) is 0 Å². The smallest absolute Gasteiger partial charge is 0.208 e. The third-order valence-electron chi connectivity index (χ3n) is 4.36. The molecule has 0 spiro atoms. The first-order valence-corrected chi connectivity index (χ1v) is 10.6. The van der Waals surface area contributed by atoms with E-state index in [0.29, 0.717) is 13.0 Å². The van der Waals surface area contributed by atoms with Crippen LogP contribution in [-0.2, 0) is 29.5 Å². The van der Waals surface area contributed by atoms with Gasteiger partial charge in [0.05, 0.1) is 6.26 Å². The second-order valence-electron chi connectivity index (χ2n) is 6.70. The fourth-order valence-electron chi connectivity index (χ4n) is 3.23. The molecule has 5 nitrogen and oxygen atoms in total. The lowest BCUT2D eigenvalue weighted by molar-refractivity contribution is 0.319. The highest BCUT2D eigenvalue weighted by atomic mass is 32.2. The molecule has 0 aliphatic rings. The van der Waals surface area contributed by atoms with Gasteiger partial charge in [-0.25, -0.2) is 13.1 Å². The van der Waals surface area contributed by atoms with Gasteiger partial charge in [-0.05, 0) is 24.2 Å². The van der Waals surface area contributed by atoms with E-state index < -0.39 is 10.0 Å². The molecule has 3 aromatic rings. The van der Waals surface area contributed by atoms with Crippen molar-refractivity contribution in [1.29, 1.82) is 0 Å². The average molecular weight is 372 g/mol. The highest BCUT2D eigenvalue weighted by Crippen LogP contribution is 2.24. The van der Waals surface area contributed by atoms with E-state index in [1.54, 1.807) is 0 Å². The number of aromatic nitrogens is 1. The topological polar surface area (TPSA) is 65.2 Å². The SMILES string of the molecule is CN(Cc1ccccc1)Cc1c(CCNS(C)(=O)=O)[nH]c2ccccc12. The molecule has 0 atom stereocenters. The maximum absolute atomic E-state index is 11.3. The highest BCUT2D eigenvalue weighted by molar-refractivity contribution is 7.88. The minimum absolute atomic E-state index is 0.390. The van der Waals surface area contributed by atoms with E-state index in [1.165, 1.54) is 22.8 Å². The number of H-pyrrole nitrogens is 1. The van der Waals surface area contributed by atoms with Crippen molar-refractivity contribution < 1.29 is 8.42 Å². The second-order valence-corrected chi connectivity index (χ2v) is 8.54. The summed E-state index contributed by atoms with van der Waals surface area (Å²) in [7, 11) is -1.07. The molecule has 2 aromatic carbocycles. The second kappa shape index (κ2) is 8.03. The molecule has 1 aromatic heterocycles. The number of sulfonamides is 1. The summed E-state index contributed by atoms with van der Waals surface area (Å²) in [4.78, 5) is 5.73. The van der Waals surface area contributed by atoms with Gasteiger partial charge in [0.2, 0.25) is 10.0 Å². The molecule has 0 radical (unpaired) electrons. The van der Waals surface area contributed by atoms with E-state index >= 15 is 0 Å². The van der Waals surface area contributed by atoms with Crippen LogP contribution in [0.15, 0.2) is 54.6 Å². The Kier molecular flexibility index (Phi) is 5.76. The Morgan fingerprint density at radius 3 is 2.42 bits per heavy atom. The summed E-state index contributed by atoms with van der Waals surface area (Å²) in [6, 6.07) is 18.6. The highest BCUT2D eigenvalue weighted by Gasteiger charge is 2.14. The summed E-state index contributed by atoms with van der Waals surface area (Å²) < 4.78 is 25.2. The predicted octanol–water partition coefficient (Wildman–Crippen LogP) is 2.89. The number of aromatic amines is 1. The first kappa shape index (κ1) is 18.6. The summed E-state index contributed by atoms with van der Waals surface area (Å²) in [6.07, 6.45) is 1.82. The van der Waals surface area contributed by atoms with Crippen LogP contribution < -0.4 is 4.72 Å². The third-order valence-corrected chi connectivity index (χ3v) is 5.09. The lowest BCUT2D eigenvalue weighted by Crippen LogP contribution is -2.25. The Balaban J connectivity index is 1.79. The van der Waals surface area contributed by atoms with Crippen LogP contribution in [-0.4, -0.2) is 38.1 Å². The fourth-order valence-corrected chi connectivity index (χ4v) is 3.71. The first-order valence-electron chi connectivity index (χ1n) is 8.68. The van der Waals surface area contributed by atoms with Crippen molar-refractivity contribution in [1.82, 2.24) is 14.6 Å². The van der Waals surface area contributed by atoms with Crippen molar-refractivity contribution >= 4 is 20.9 Å². The Morgan fingerprint density at radius 2 is 1.69 bits per heavy atom. The largest absolute Gasteiger partial charge is 0.358 e. The third kappa shape index (κ3) is 4.94.